The number of nitrogens with one attached hydrogen (secondary N) is 1. The number of pyridine rings is 1. The summed E-state index contributed by atoms with van der Waals surface area (Å²) in [6.45, 7) is 5.93. The largest absolute Gasteiger partial charge is 0.384 e. The monoisotopic (exact) mass is 250 g/mol. The Kier molecular flexibility index (Phi) is 5.58. The van der Waals surface area contributed by atoms with E-state index in [1.54, 1.807) is 12.3 Å². The second-order valence-corrected chi connectivity index (χ2v) is 4.96. The molecule has 3 N–H and O–H groups in total. The van der Waals surface area contributed by atoms with Gasteiger partial charge in [-0.1, -0.05) is 19.9 Å². The molecule has 5 nitrogen and oxygen atoms in total. The highest BCUT2D eigenvalue weighted by Gasteiger charge is 2.07. The zero-order valence-electron chi connectivity index (χ0n) is 11.3. The fraction of sp³-hybridized carbons (Fsp3) is 0.538. The maximum Gasteiger partial charge on any atom is 0.234 e. The third-order valence-electron chi connectivity index (χ3n) is 2.42. The summed E-state index contributed by atoms with van der Waals surface area (Å²) in [4.78, 5) is 17.6. The average Bonchev–Trinajstić information content (AvgIpc) is 2.29. The first-order valence-electron chi connectivity index (χ1n) is 6.13. The molecule has 0 aliphatic carbocycles. The van der Waals surface area contributed by atoms with Crippen LogP contribution in [0.1, 0.15) is 19.4 Å². The molecule has 0 bridgehead atoms. The molecule has 18 heavy (non-hydrogen) atoms. The van der Waals surface area contributed by atoms with E-state index in [1.807, 2.05) is 18.0 Å². The van der Waals surface area contributed by atoms with Gasteiger partial charge in [-0.3, -0.25) is 9.69 Å². The number of hydrogen-bond donors (Lipinski definition) is 2. The molecule has 0 aromatic carbocycles. The minimum Gasteiger partial charge on any atom is -0.384 e. The minimum atomic E-state index is 0.0506. The van der Waals surface area contributed by atoms with Crippen molar-refractivity contribution in [3.05, 3.63) is 23.9 Å². The second-order valence-electron chi connectivity index (χ2n) is 4.96. The third-order valence-corrected chi connectivity index (χ3v) is 2.42. The first-order valence-corrected chi connectivity index (χ1v) is 6.13. The molecule has 100 valence electrons. The van der Waals surface area contributed by atoms with Crippen LogP contribution in [0, 0.1) is 5.92 Å². The van der Waals surface area contributed by atoms with Crippen LogP contribution >= 0.6 is 0 Å². The standard InChI is InChI=1S/C13H22N4O/c1-10(2)6-16-13(18)9-17(3)8-11-4-5-12(14)15-7-11/h4-5,7,10H,6,8-9H2,1-3H3,(H2,14,15)(H,16,18). The van der Waals surface area contributed by atoms with E-state index in [0.717, 1.165) is 12.1 Å². The lowest BCUT2D eigenvalue weighted by Crippen LogP contribution is -2.36. The van der Waals surface area contributed by atoms with Crippen molar-refractivity contribution in [3.63, 3.8) is 0 Å². The number of amides is 1. The number of carbonyl (C=O) groups excluding carboxylic acids is 1. The summed E-state index contributed by atoms with van der Waals surface area (Å²) >= 11 is 0. The highest BCUT2D eigenvalue weighted by atomic mass is 16.2. The summed E-state index contributed by atoms with van der Waals surface area (Å²) in [5.41, 5.74) is 6.56. The average molecular weight is 250 g/mol. The van der Waals surface area contributed by atoms with Gasteiger partial charge in [-0.05, 0) is 24.6 Å². The number of rotatable bonds is 6. The maximum atomic E-state index is 11.6. The predicted molar refractivity (Wildman–Crippen MR) is 72.8 cm³/mol. The molecule has 0 spiro atoms. The quantitative estimate of drug-likeness (QED) is 0.786. The van der Waals surface area contributed by atoms with Crippen molar-refractivity contribution in [1.29, 1.82) is 0 Å². The fourth-order valence-electron chi connectivity index (χ4n) is 1.52. The molecule has 1 rings (SSSR count). The Morgan fingerprint density at radius 3 is 2.78 bits per heavy atom. The van der Waals surface area contributed by atoms with E-state index >= 15 is 0 Å². The van der Waals surface area contributed by atoms with E-state index in [-0.39, 0.29) is 5.91 Å². The van der Waals surface area contributed by atoms with Crippen LogP contribution in [0.4, 0.5) is 5.82 Å². The van der Waals surface area contributed by atoms with Crippen molar-refractivity contribution in [2.75, 3.05) is 25.9 Å². The van der Waals surface area contributed by atoms with Gasteiger partial charge in [0.15, 0.2) is 0 Å². The van der Waals surface area contributed by atoms with Crippen LogP contribution in [0.5, 0.6) is 0 Å². The van der Waals surface area contributed by atoms with Crippen LogP contribution in [0.2, 0.25) is 0 Å². The summed E-state index contributed by atoms with van der Waals surface area (Å²) in [5.74, 6) is 1.03. The highest BCUT2D eigenvalue weighted by Crippen LogP contribution is 2.03. The Labute approximate surface area is 108 Å². The van der Waals surface area contributed by atoms with Crippen molar-refractivity contribution in [3.8, 4) is 0 Å². The maximum absolute atomic E-state index is 11.6. The van der Waals surface area contributed by atoms with Crippen LogP contribution in [0.15, 0.2) is 18.3 Å². The van der Waals surface area contributed by atoms with E-state index in [2.05, 4.69) is 24.1 Å². The zero-order valence-corrected chi connectivity index (χ0v) is 11.3. The van der Waals surface area contributed by atoms with E-state index in [4.69, 9.17) is 5.73 Å². The Morgan fingerprint density at radius 2 is 2.22 bits per heavy atom. The van der Waals surface area contributed by atoms with Gasteiger partial charge in [0.2, 0.25) is 5.91 Å². The van der Waals surface area contributed by atoms with Gasteiger partial charge in [0.05, 0.1) is 6.54 Å². The van der Waals surface area contributed by atoms with Gasteiger partial charge in [-0.25, -0.2) is 4.98 Å². The summed E-state index contributed by atoms with van der Waals surface area (Å²) in [6, 6.07) is 3.69. The van der Waals surface area contributed by atoms with Crippen molar-refractivity contribution in [2.45, 2.75) is 20.4 Å². The molecule has 1 aromatic rings. The van der Waals surface area contributed by atoms with Crippen LogP contribution in [-0.4, -0.2) is 35.9 Å². The first kappa shape index (κ1) is 14.4. The van der Waals surface area contributed by atoms with Gasteiger partial charge in [-0.15, -0.1) is 0 Å². The molecule has 0 radical (unpaired) electrons. The van der Waals surface area contributed by atoms with Crippen LogP contribution in [0.25, 0.3) is 0 Å². The number of anilines is 1. The number of nitrogen functional groups attached to an aromatic ring is 1. The van der Waals surface area contributed by atoms with Crippen molar-refractivity contribution in [1.82, 2.24) is 15.2 Å². The van der Waals surface area contributed by atoms with Crippen LogP contribution in [-0.2, 0) is 11.3 Å². The fourth-order valence-corrected chi connectivity index (χ4v) is 1.52. The summed E-state index contributed by atoms with van der Waals surface area (Å²) < 4.78 is 0. The van der Waals surface area contributed by atoms with Gasteiger partial charge in [0, 0.05) is 19.3 Å². The molecular weight excluding hydrogens is 228 g/mol. The number of aromatic nitrogens is 1. The smallest absolute Gasteiger partial charge is 0.234 e. The van der Waals surface area contributed by atoms with Gasteiger partial charge >= 0.3 is 0 Å². The van der Waals surface area contributed by atoms with Crippen molar-refractivity contribution < 1.29 is 4.79 Å². The Balaban J connectivity index is 2.34. The van der Waals surface area contributed by atoms with Gasteiger partial charge in [0.1, 0.15) is 5.82 Å². The van der Waals surface area contributed by atoms with E-state index < -0.39 is 0 Å². The van der Waals surface area contributed by atoms with Crippen LogP contribution < -0.4 is 11.1 Å². The number of nitrogens with zero attached hydrogens (tertiary/aromatic N) is 2. The normalized spacial score (nSPS) is 10.9. The Morgan fingerprint density at radius 1 is 1.50 bits per heavy atom. The molecule has 0 fully saturated rings. The SMILES string of the molecule is CC(C)CNC(=O)CN(C)Cc1ccc(N)nc1. The topological polar surface area (TPSA) is 71.2 Å². The van der Waals surface area contributed by atoms with Crippen molar-refractivity contribution >= 4 is 11.7 Å². The van der Waals surface area contributed by atoms with Gasteiger partial charge < -0.3 is 11.1 Å². The molecule has 0 atom stereocenters. The van der Waals surface area contributed by atoms with E-state index in [1.165, 1.54) is 0 Å². The van der Waals surface area contributed by atoms with Gasteiger partial charge in [0.25, 0.3) is 0 Å². The molecule has 1 amide bonds. The Bertz CT molecular complexity index is 375. The number of carbonyl (C=O) groups is 1. The highest BCUT2D eigenvalue weighted by molar-refractivity contribution is 5.77. The van der Waals surface area contributed by atoms with Crippen molar-refractivity contribution in [2.24, 2.45) is 5.92 Å². The lowest BCUT2D eigenvalue weighted by Gasteiger charge is -2.16. The van der Waals surface area contributed by atoms with Crippen LogP contribution in [0.3, 0.4) is 0 Å². The zero-order chi connectivity index (χ0) is 13.5. The predicted octanol–water partition coefficient (Wildman–Crippen LogP) is 0.868. The third kappa shape index (κ3) is 5.63. The molecule has 1 heterocycles. The van der Waals surface area contributed by atoms with E-state index in [0.29, 0.717) is 24.8 Å². The molecule has 0 aliphatic heterocycles. The molecular formula is C13H22N4O. The minimum absolute atomic E-state index is 0.0506. The second kappa shape index (κ2) is 6.96. The summed E-state index contributed by atoms with van der Waals surface area (Å²) in [5, 5.41) is 2.89. The number of nitrogens with two attached hydrogens (primary N) is 1. The van der Waals surface area contributed by atoms with Gasteiger partial charge in [-0.2, -0.15) is 0 Å². The molecule has 0 aliphatic rings. The van der Waals surface area contributed by atoms with E-state index in [9.17, 15) is 4.79 Å². The number of hydrogen-bond acceptors (Lipinski definition) is 4. The Hall–Kier alpha value is -1.62. The first-order chi connectivity index (χ1) is 8.47. The summed E-state index contributed by atoms with van der Waals surface area (Å²) in [7, 11) is 1.91. The molecule has 0 unspecified atom stereocenters. The number of likely N-dealkylation sites (N-methyl/N-ethyl adjacent to an activating group) is 1. The molecule has 5 heteroatoms. The molecule has 0 saturated heterocycles. The molecule has 0 saturated carbocycles. The summed E-state index contributed by atoms with van der Waals surface area (Å²) in [6.07, 6.45) is 1.73. The lowest BCUT2D eigenvalue weighted by atomic mass is 10.2. The lowest BCUT2D eigenvalue weighted by molar-refractivity contribution is -0.122. The molecule has 1 aromatic heterocycles.